The van der Waals surface area contributed by atoms with E-state index >= 15 is 0 Å². The van der Waals surface area contributed by atoms with E-state index in [0.29, 0.717) is 11.4 Å². The van der Waals surface area contributed by atoms with Gasteiger partial charge in [-0.2, -0.15) is 4.57 Å². The lowest BCUT2D eigenvalue weighted by Gasteiger charge is -2.18. The summed E-state index contributed by atoms with van der Waals surface area (Å²) in [5.41, 5.74) is 5.35. The minimum absolute atomic E-state index is 0.197. The molecule has 2 aromatic heterocycles. The second-order valence-electron chi connectivity index (χ2n) is 5.22. The lowest BCUT2D eigenvalue weighted by molar-refractivity contribution is -0.697. The van der Waals surface area contributed by atoms with E-state index in [9.17, 15) is 5.11 Å². The van der Waals surface area contributed by atoms with Crippen molar-refractivity contribution in [3.05, 3.63) is 70.9 Å². The van der Waals surface area contributed by atoms with Crippen LogP contribution in [0.3, 0.4) is 0 Å². The van der Waals surface area contributed by atoms with Crippen LogP contribution in [0.15, 0.2) is 53.5 Å². The van der Waals surface area contributed by atoms with Crippen LogP contribution >= 0.6 is 11.6 Å². The Kier molecular flexibility index (Phi) is 2.76. The Morgan fingerprint density at radius 1 is 1.19 bits per heavy atom. The van der Waals surface area contributed by atoms with Crippen molar-refractivity contribution in [1.82, 2.24) is 0 Å². The van der Waals surface area contributed by atoms with E-state index in [0.717, 1.165) is 34.5 Å². The highest BCUT2D eigenvalue weighted by Crippen LogP contribution is 2.35. The number of hydrogen-bond donors (Lipinski definition) is 1. The number of aromatic nitrogens is 1. The number of fused-ring (bicyclic) bond motifs is 2. The van der Waals surface area contributed by atoms with Gasteiger partial charge in [0.1, 0.15) is 5.75 Å². The molecule has 3 heterocycles. The standard InChI is InChI=1S/C17H12ClNO2/c18-15-4-3-11-9-19-6-1-2-13(12-5-7-21-10-12)16(19)8-14(11)17(15)20/h1-7,10H,8-9H2/p+1. The third-order valence-electron chi connectivity index (χ3n) is 4.03. The van der Waals surface area contributed by atoms with Gasteiger partial charge < -0.3 is 9.52 Å². The Morgan fingerprint density at radius 2 is 2.10 bits per heavy atom. The van der Waals surface area contributed by atoms with Gasteiger partial charge in [-0.3, -0.25) is 0 Å². The molecular weight excluding hydrogens is 286 g/mol. The van der Waals surface area contributed by atoms with E-state index in [4.69, 9.17) is 16.0 Å². The van der Waals surface area contributed by atoms with E-state index in [1.54, 1.807) is 18.6 Å². The SMILES string of the molecule is Oc1c(Cl)ccc2c1Cc1c(-c3ccoc3)ccc[n+]1C2. The van der Waals surface area contributed by atoms with Crippen LogP contribution in [0.25, 0.3) is 11.1 Å². The molecule has 0 saturated carbocycles. The van der Waals surface area contributed by atoms with Gasteiger partial charge in [-0.1, -0.05) is 17.7 Å². The van der Waals surface area contributed by atoms with Crippen molar-refractivity contribution in [2.75, 3.05) is 0 Å². The molecule has 0 bridgehead atoms. The maximum Gasteiger partial charge on any atom is 0.194 e. The molecule has 3 aromatic rings. The second-order valence-corrected chi connectivity index (χ2v) is 5.63. The number of halogens is 1. The molecule has 21 heavy (non-hydrogen) atoms. The number of phenols is 1. The van der Waals surface area contributed by atoms with E-state index in [1.807, 2.05) is 18.2 Å². The number of pyridine rings is 1. The number of nitrogens with zero attached hydrogens (tertiary/aromatic N) is 1. The lowest BCUT2D eigenvalue weighted by atomic mass is 9.93. The fourth-order valence-corrected chi connectivity index (χ4v) is 3.13. The van der Waals surface area contributed by atoms with Crippen molar-refractivity contribution in [2.24, 2.45) is 0 Å². The van der Waals surface area contributed by atoms with Gasteiger partial charge in [-0.05, 0) is 18.2 Å². The predicted octanol–water partition coefficient (Wildman–Crippen LogP) is 3.55. The Morgan fingerprint density at radius 3 is 2.90 bits per heavy atom. The number of furan rings is 1. The van der Waals surface area contributed by atoms with E-state index in [2.05, 4.69) is 16.8 Å². The zero-order valence-corrected chi connectivity index (χ0v) is 12.0. The summed E-state index contributed by atoms with van der Waals surface area (Å²) in [7, 11) is 0. The molecule has 0 fully saturated rings. The summed E-state index contributed by atoms with van der Waals surface area (Å²) in [6.07, 6.45) is 6.13. The van der Waals surface area contributed by atoms with Crippen molar-refractivity contribution >= 4 is 11.6 Å². The molecule has 1 N–H and O–H groups in total. The Hall–Kier alpha value is -2.26. The van der Waals surface area contributed by atoms with E-state index in [-0.39, 0.29) is 5.75 Å². The van der Waals surface area contributed by atoms with Gasteiger partial charge in [0.2, 0.25) is 0 Å². The fourth-order valence-electron chi connectivity index (χ4n) is 2.96. The summed E-state index contributed by atoms with van der Waals surface area (Å²) < 4.78 is 7.40. The molecular formula is C17H13ClNO2+. The zero-order valence-electron chi connectivity index (χ0n) is 11.2. The number of rotatable bonds is 1. The van der Waals surface area contributed by atoms with Crippen LogP contribution in [0.2, 0.25) is 5.02 Å². The summed E-state index contributed by atoms with van der Waals surface area (Å²) in [6.45, 7) is 0.737. The van der Waals surface area contributed by atoms with Crippen molar-refractivity contribution in [2.45, 2.75) is 13.0 Å². The average molecular weight is 299 g/mol. The topological polar surface area (TPSA) is 37.3 Å². The molecule has 0 saturated heterocycles. The summed E-state index contributed by atoms with van der Waals surface area (Å²) >= 11 is 6.04. The summed E-state index contributed by atoms with van der Waals surface area (Å²) in [5, 5.41) is 10.6. The first kappa shape index (κ1) is 12.5. The van der Waals surface area contributed by atoms with Crippen LogP contribution in [0, 0.1) is 0 Å². The summed E-state index contributed by atoms with van der Waals surface area (Å²) in [5.74, 6) is 0.197. The first-order chi connectivity index (χ1) is 10.2. The van der Waals surface area contributed by atoms with Crippen molar-refractivity contribution in [3.8, 4) is 16.9 Å². The first-order valence-electron chi connectivity index (χ1n) is 6.77. The van der Waals surface area contributed by atoms with Gasteiger partial charge in [-0.25, -0.2) is 0 Å². The number of hydrogen-bond acceptors (Lipinski definition) is 2. The highest BCUT2D eigenvalue weighted by molar-refractivity contribution is 6.32. The molecule has 0 amide bonds. The monoisotopic (exact) mass is 298 g/mol. The Balaban J connectivity index is 1.89. The van der Waals surface area contributed by atoms with Gasteiger partial charge in [0.25, 0.3) is 0 Å². The van der Waals surface area contributed by atoms with E-state index < -0.39 is 0 Å². The van der Waals surface area contributed by atoms with Crippen LogP contribution in [-0.2, 0) is 13.0 Å². The number of phenolic OH excluding ortho intramolecular Hbond substituents is 1. The minimum Gasteiger partial charge on any atom is -0.506 e. The number of aromatic hydroxyl groups is 1. The fraction of sp³-hybridized carbons (Fsp3) is 0.118. The third kappa shape index (κ3) is 1.93. The Bertz CT molecular complexity index is 825. The maximum absolute atomic E-state index is 10.2. The van der Waals surface area contributed by atoms with Crippen molar-refractivity contribution in [3.63, 3.8) is 0 Å². The molecule has 4 heteroatoms. The smallest absolute Gasteiger partial charge is 0.194 e. The second kappa shape index (κ2) is 4.64. The Labute approximate surface area is 127 Å². The largest absolute Gasteiger partial charge is 0.506 e. The zero-order chi connectivity index (χ0) is 14.4. The maximum atomic E-state index is 10.2. The molecule has 0 atom stereocenters. The van der Waals surface area contributed by atoms with Gasteiger partial charge >= 0.3 is 0 Å². The highest BCUT2D eigenvalue weighted by Gasteiger charge is 2.28. The predicted molar refractivity (Wildman–Crippen MR) is 79.4 cm³/mol. The first-order valence-corrected chi connectivity index (χ1v) is 7.15. The molecule has 0 unspecified atom stereocenters. The van der Waals surface area contributed by atoms with Gasteiger partial charge in [0.15, 0.2) is 18.4 Å². The van der Waals surface area contributed by atoms with Crippen molar-refractivity contribution in [1.29, 1.82) is 0 Å². The molecule has 1 aliphatic heterocycles. The van der Waals surface area contributed by atoms with Crippen LogP contribution in [0.4, 0.5) is 0 Å². The van der Waals surface area contributed by atoms with Gasteiger partial charge in [-0.15, -0.1) is 0 Å². The average Bonchev–Trinajstić information content (AvgIpc) is 3.03. The molecule has 104 valence electrons. The van der Waals surface area contributed by atoms with E-state index in [1.165, 1.54) is 0 Å². The van der Waals surface area contributed by atoms with Crippen molar-refractivity contribution < 1.29 is 14.1 Å². The molecule has 4 rings (SSSR count). The molecule has 3 nitrogen and oxygen atoms in total. The highest BCUT2D eigenvalue weighted by atomic mass is 35.5. The lowest BCUT2D eigenvalue weighted by Crippen LogP contribution is -2.42. The quantitative estimate of drug-likeness (QED) is 0.546. The summed E-state index contributed by atoms with van der Waals surface area (Å²) in [4.78, 5) is 0. The van der Waals surface area contributed by atoms with Gasteiger partial charge in [0, 0.05) is 22.8 Å². The van der Waals surface area contributed by atoms with Crippen LogP contribution < -0.4 is 4.57 Å². The van der Waals surface area contributed by atoms with Gasteiger partial charge in [0.05, 0.1) is 29.5 Å². The number of benzene rings is 1. The van der Waals surface area contributed by atoms with Crippen LogP contribution in [0.5, 0.6) is 5.75 Å². The molecule has 0 aliphatic carbocycles. The molecule has 0 spiro atoms. The molecule has 1 aliphatic rings. The molecule has 0 radical (unpaired) electrons. The minimum atomic E-state index is 0.197. The van der Waals surface area contributed by atoms with Crippen LogP contribution in [0.1, 0.15) is 16.8 Å². The van der Waals surface area contributed by atoms with Crippen LogP contribution in [-0.4, -0.2) is 5.11 Å². The molecule has 1 aromatic carbocycles. The summed E-state index contributed by atoms with van der Waals surface area (Å²) in [6, 6.07) is 9.79. The third-order valence-corrected chi connectivity index (χ3v) is 4.34. The normalized spacial score (nSPS) is 12.8.